The van der Waals surface area contributed by atoms with E-state index in [2.05, 4.69) is 29.4 Å². The number of nitrogens with one attached hydrogen (secondary N) is 1. The van der Waals surface area contributed by atoms with Gasteiger partial charge in [0.1, 0.15) is 0 Å². The van der Waals surface area contributed by atoms with Crippen molar-refractivity contribution in [2.75, 3.05) is 31.7 Å². The number of nitrogens with zero attached hydrogens (tertiary/aromatic N) is 3. The van der Waals surface area contributed by atoms with Crippen LogP contribution in [0.15, 0.2) is 4.42 Å². The van der Waals surface area contributed by atoms with Crippen molar-refractivity contribution >= 4 is 6.01 Å². The molecule has 0 unspecified atom stereocenters. The smallest absolute Gasteiger partial charge is 0.318 e. The fraction of sp³-hybridized carbons (Fsp3) is 0.846. The Kier molecular flexibility index (Phi) is 4.95. The van der Waals surface area contributed by atoms with Crippen molar-refractivity contribution in [3.05, 3.63) is 5.89 Å². The van der Waals surface area contributed by atoms with Gasteiger partial charge in [0.05, 0.1) is 18.7 Å². The van der Waals surface area contributed by atoms with Crippen molar-refractivity contribution in [1.82, 2.24) is 15.5 Å². The third kappa shape index (κ3) is 4.16. The van der Waals surface area contributed by atoms with Gasteiger partial charge in [-0.2, -0.15) is 0 Å². The zero-order valence-electron chi connectivity index (χ0n) is 12.4. The molecule has 114 valence electrons. The van der Waals surface area contributed by atoms with Crippen LogP contribution in [0.4, 0.5) is 6.01 Å². The molecule has 0 atom stereocenters. The van der Waals surface area contributed by atoms with E-state index in [1.165, 1.54) is 0 Å². The van der Waals surface area contributed by atoms with Crippen LogP contribution in [0.3, 0.4) is 0 Å². The summed E-state index contributed by atoms with van der Waals surface area (Å²) < 4.78 is 10.9. The molecule has 0 saturated carbocycles. The standard InChI is InChI=1S/C13H24N4O3/c1-10(2)14-8-11-15-16-12(20-11)17(3)9-13(18)4-6-19-7-5-13/h10,14,18H,4-9H2,1-3H3. The summed E-state index contributed by atoms with van der Waals surface area (Å²) in [5, 5.41) is 21.7. The first-order valence-corrected chi connectivity index (χ1v) is 7.05. The van der Waals surface area contributed by atoms with Crippen molar-refractivity contribution < 1.29 is 14.3 Å². The molecule has 7 nitrogen and oxygen atoms in total. The Morgan fingerprint density at radius 1 is 1.35 bits per heavy atom. The lowest BCUT2D eigenvalue weighted by Gasteiger charge is -2.34. The highest BCUT2D eigenvalue weighted by Gasteiger charge is 2.32. The van der Waals surface area contributed by atoms with Gasteiger partial charge in [-0.25, -0.2) is 0 Å². The first-order chi connectivity index (χ1) is 9.48. The second kappa shape index (κ2) is 6.51. The molecule has 7 heteroatoms. The van der Waals surface area contributed by atoms with Crippen LogP contribution < -0.4 is 10.2 Å². The molecule has 1 fully saturated rings. The molecule has 2 heterocycles. The summed E-state index contributed by atoms with van der Waals surface area (Å²) in [6.45, 7) is 6.33. The molecular formula is C13H24N4O3. The molecule has 0 aromatic carbocycles. The number of aromatic nitrogens is 2. The third-order valence-corrected chi connectivity index (χ3v) is 3.40. The van der Waals surface area contributed by atoms with E-state index in [9.17, 15) is 5.11 Å². The lowest BCUT2D eigenvalue weighted by atomic mass is 9.94. The van der Waals surface area contributed by atoms with Gasteiger partial charge >= 0.3 is 6.01 Å². The van der Waals surface area contributed by atoms with Gasteiger partial charge in [-0.15, -0.1) is 5.10 Å². The van der Waals surface area contributed by atoms with E-state index < -0.39 is 5.60 Å². The molecule has 1 aliphatic rings. The van der Waals surface area contributed by atoms with Crippen molar-refractivity contribution in [2.45, 2.75) is 44.9 Å². The fourth-order valence-electron chi connectivity index (χ4n) is 2.18. The lowest BCUT2D eigenvalue weighted by Crippen LogP contribution is -2.45. The molecule has 1 saturated heterocycles. The van der Waals surface area contributed by atoms with Crippen molar-refractivity contribution in [1.29, 1.82) is 0 Å². The number of hydrogen-bond donors (Lipinski definition) is 2. The minimum atomic E-state index is -0.738. The number of hydrogen-bond acceptors (Lipinski definition) is 7. The first kappa shape index (κ1) is 15.2. The maximum Gasteiger partial charge on any atom is 0.318 e. The molecule has 20 heavy (non-hydrogen) atoms. The summed E-state index contributed by atoms with van der Waals surface area (Å²) in [5.41, 5.74) is -0.738. The fourth-order valence-corrected chi connectivity index (χ4v) is 2.18. The average molecular weight is 284 g/mol. The Balaban J connectivity index is 1.90. The Hall–Kier alpha value is -1.18. The van der Waals surface area contributed by atoms with Gasteiger partial charge in [0.25, 0.3) is 0 Å². The molecule has 0 amide bonds. The molecule has 1 aliphatic heterocycles. The van der Waals surface area contributed by atoms with E-state index >= 15 is 0 Å². The summed E-state index contributed by atoms with van der Waals surface area (Å²) in [6, 6.07) is 0.802. The highest BCUT2D eigenvalue weighted by Crippen LogP contribution is 2.23. The van der Waals surface area contributed by atoms with E-state index in [0.717, 1.165) is 0 Å². The second-order valence-electron chi connectivity index (χ2n) is 5.71. The van der Waals surface area contributed by atoms with Gasteiger partial charge in [0.2, 0.25) is 5.89 Å². The summed E-state index contributed by atoms with van der Waals surface area (Å²) in [4.78, 5) is 1.80. The van der Waals surface area contributed by atoms with Crippen molar-refractivity contribution in [3.8, 4) is 0 Å². The Morgan fingerprint density at radius 2 is 2.05 bits per heavy atom. The quantitative estimate of drug-likeness (QED) is 0.789. The van der Waals surface area contributed by atoms with Crippen LogP contribution in [-0.2, 0) is 11.3 Å². The highest BCUT2D eigenvalue weighted by molar-refractivity contribution is 5.23. The lowest BCUT2D eigenvalue weighted by molar-refractivity contribution is -0.0576. The zero-order valence-corrected chi connectivity index (χ0v) is 12.4. The molecule has 1 aromatic rings. The van der Waals surface area contributed by atoms with Crippen LogP contribution in [0.1, 0.15) is 32.6 Å². The predicted molar refractivity (Wildman–Crippen MR) is 74.5 cm³/mol. The number of ether oxygens (including phenoxy) is 1. The second-order valence-corrected chi connectivity index (χ2v) is 5.71. The average Bonchev–Trinajstić information content (AvgIpc) is 2.85. The SMILES string of the molecule is CC(C)NCc1nnc(N(C)CC2(O)CCOCC2)o1. The molecule has 0 radical (unpaired) electrons. The van der Waals surface area contributed by atoms with Crippen LogP contribution in [0, 0.1) is 0 Å². The normalized spacial score (nSPS) is 18.4. The van der Waals surface area contributed by atoms with Gasteiger partial charge in [0, 0.05) is 39.1 Å². The zero-order chi connectivity index (χ0) is 14.6. The van der Waals surface area contributed by atoms with Gasteiger partial charge < -0.3 is 24.5 Å². The van der Waals surface area contributed by atoms with E-state index in [1.54, 1.807) is 4.90 Å². The molecule has 0 spiro atoms. The molecule has 2 N–H and O–H groups in total. The number of aliphatic hydroxyl groups is 1. The largest absolute Gasteiger partial charge is 0.407 e. The maximum absolute atomic E-state index is 10.5. The Bertz CT molecular complexity index is 416. The molecule has 0 aliphatic carbocycles. The molecule has 2 rings (SSSR count). The third-order valence-electron chi connectivity index (χ3n) is 3.40. The summed E-state index contributed by atoms with van der Waals surface area (Å²) in [6.07, 6.45) is 1.26. The van der Waals surface area contributed by atoms with Gasteiger partial charge in [-0.3, -0.25) is 0 Å². The minimum Gasteiger partial charge on any atom is -0.407 e. The van der Waals surface area contributed by atoms with Crippen LogP contribution in [-0.4, -0.2) is 53.8 Å². The van der Waals surface area contributed by atoms with Crippen molar-refractivity contribution in [3.63, 3.8) is 0 Å². The van der Waals surface area contributed by atoms with Crippen molar-refractivity contribution in [2.24, 2.45) is 0 Å². The van der Waals surface area contributed by atoms with Crippen LogP contribution in [0.2, 0.25) is 0 Å². The van der Waals surface area contributed by atoms with Gasteiger partial charge in [-0.05, 0) is 0 Å². The van der Waals surface area contributed by atoms with Gasteiger partial charge in [-0.1, -0.05) is 18.9 Å². The van der Waals surface area contributed by atoms with E-state index in [4.69, 9.17) is 9.15 Å². The van der Waals surface area contributed by atoms with E-state index in [-0.39, 0.29) is 0 Å². The summed E-state index contributed by atoms with van der Waals surface area (Å²) in [5.74, 6) is 0.555. The van der Waals surface area contributed by atoms with Crippen LogP contribution >= 0.6 is 0 Å². The van der Waals surface area contributed by atoms with Crippen LogP contribution in [0.5, 0.6) is 0 Å². The molecule has 0 bridgehead atoms. The monoisotopic (exact) mass is 284 g/mol. The number of rotatable bonds is 6. The molecule has 1 aromatic heterocycles. The molecular weight excluding hydrogens is 260 g/mol. The Morgan fingerprint density at radius 3 is 2.70 bits per heavy atom. The van der Waals surface area contributed by atoms with E-state index in [1.807, 2.05) is 7.05 Å². The first-order valence-electron chi connectivity index (χ1n) is 7.05. The number of likely N-dealkylation sites (N-methyl/N-ethyl adjacent to an activating group) is 1. The summed E-state index contributed by atoms with van der Waals surface area (Å²) in [7, 11) is 1.85. The number of anilines is 1. The minimum absolute atomic E-state index is 0.367. The maximum atomic E-state index is 10.5. The van der Waals surface area contributed by atoms with E-state index in [0.29, 0.717) is 57.1 Å². The topological polar surface area (TPSA) is 83.7 Å². The van der Waals surface area contributed by atoms with Crippen LogP contribution in [0.25, 0.3) is 0 Å². The Labute approximate surface area is 119 Å². The highest BCUT2D eigenvalue weighted by atomic mass is 16.5. The predicted octanol–water partition coefficient (Wildman–Crippen LogP) is 0.545. The van der Waals surface area contributed by atoms with Gasteiger partial charge in [0.15, 0.2) is 0 Å². The summed E-state index contributed by atoms with van der Waals surface area (Å²) >= 11 is 0.